The number of anilines is 1. The highest BCUT2D eigenvalue weighted by molar-refractivity contribution is 9.10. The molecule has 0 aromatic heterocycles. The summed E-state index contributed by atoms with van der Waals surface area (Å²) in [6.45, 7) is 4.02. The number of primary amides is 1. The monoisotopic (exact) mass is 297 g/mol. The molecule has 1 amide bonds. The maximum Gasteiger partial charge on any atom is 0.250 e. The molecule has 0 radical (unpaired) electrons. The van der Waals surface area contributed by atoms with E-state index in [9.17, 15) is 4.79 Å². The molecule has 5 heteroatoms. The molecule has 92 valence electrons. The number of carbonyl (C=O) groups is 1. The van der Waals surface area contributed by atoms with Crippen LogP contribution >= 0.6 is 15.9 Å². The zero-order valence-corrected chi connectivity index (χ0v) is 11.3. The Bertz CT molecular complexity index is 441. The minimum Gasteiger partial charge on any atom is -0.378 e. The van der Waals surface area contributed by atoms with E-state index in [0.29, 0.717) is 5.56 Å². The van der Waals surface area contributed by atoms with E-state index in [1.54, 1.807) is 6.07 Å². The van der Waals surface area contributed by atoms with Crippen LogP contribution in [0.4, 0.5) is 5.69 Å². The van der Waals surface area contributed by atoms with Crippen LogP contribution in [0, 0.1) is 0 Å². The molecule has 2 rings (SSSR count). The van der Waals surface area contributed by atoms with Crippen LogP contribution in [-0.4, -0.2) is 24.5 Å². The quantitative estimate of drug-likeness (QED) is 0.796. The van der Waals surface area contributed by atoms with Gasteiger partial charge in [0.05, 0.1) is 5.56 Å². The fraction of sp³-hybridized carbons (Fsp3) is 0.417. The van der Waals surface area contributed by atoms with Gasteiger partial charge in [-0.1, -0.05) is 15.9 Å². The molecule has 1 aromatic carbocycles. The minimum absolute atomic E-state index is 0.0158. The molecule has 0 aliphatic carbocycles. The van der Waals surface area contributed by atoms with Crippen molar-refractivity contribution in [2.45, 2.75) is 18.9 Å². The van der Waals surface area contributed by atoms with E-state index in [0.717, 1.165) is 29.7 Å². The second-order valence-corrected chi connectivity index (χ2v) is 5.58. The summed E-state index contributed by atoms with van der Waals surface area (Å²) in [5.74, 6) is -0.414. The summed E-state index contributed by atoms with van der Waals surface area (Å²) in [6.07, 6.45) is 1.03. The van der Waals surface area contributed by atoms with Crippen LogP contribution in [-0.2, 0) is 0 Å². The van der Waals surface area contributed by atoms with E-state index >= 15 is 0 Å². The van der Waals surface area contributed by atoms with Crippen molar-refractivity contribution in [1.82, 2.24) is 5.32 Å². The smallest absolute Gasteiger partial charge is 0.250 e. The average molecular weight is 298 g/mol. The lowest BCUT2D eigenvalue weighted by atomic mass is 10.00. The zero-order chi connectivity index (χ0) is 12.5. The molecule has 0 saturated carbocycles. The predicted octanol–water partition coefficient (Wildman–Crippen LogP) is 1.71. The van der Waals surface area contributed by atoms with Crippen LogP contribution in [0.25, 0.3) is 0 Å². The van der Waals surface area contributed by atoms with Gasteiger partial charge in [-0.15, -0.1) is 0 Å². The fourth-order valence-electron chi connectivity index (χ4n) is 2.08. The van der Waals surface area contributed by atoms with Gasteiger partial charge < -0.3 is 16.4 Å². The number of amides is 1. The summed E-state index contributed by atoms with van der Waals surface area (Å²) in [5, 5.41) is 6.72. The molecule has 1 aliphatic heterocycles. The highest BCUT2D eigenvalue weighted by Crippen LogP contribution is 2.26. The Morgan fingerprint density at radius 1 is 1.59 bits per heavy atom. The van der Waals surface area contributed by atoms with Gasteiger partial charge in [-0.25, -0.2) is 0 Å². The first-order chi connectivity index (χ1) is 8.00. The molecule has 0 spiro atoms. The second kappa shape index (κ2) is 4.66. The molecule has 4 N–H and O–H groups in total. The van der Waals surface area contributed by atoms with Crippen molar-refractivity contribution in [2.75, 3.05) is 18.4 Å². The fourth-order valence-corrected chi connectivity index (χ4v) is 2.44. The zero-order valence-electron chi connectivity index (χ0n) is 9.72. The van der Waals surface area contributed by atoms with Gasteiger partial charge in [0, 0.05) is 22.2 Å². The van der Waals surface area contributed by atoms with E-state index in [4.69, 9.17) is 5.73 Å². The average Bonchev–Trinajstić information content (AvgIpc) is 2.67. The van der Waals surface area contributed by atoms with Crippen LogP contribution in [0.1, 0.15) is 23.7 Å². The number of halogens is 1. The summed E-state index contributed by atoms with van der Waals surface area (Å²) >= 11 is 3.34. The third-order valence-electron chi connectivity index (χ3n) is 3.05. The van der Waals surface area contributed by atoms with Crippen molar-refractivity contribution < 1.29 is 4.79 Å². The molecule has 1 saturated heterocycles. The summed E-state index contributed by atoms with van der Waals surface area (Å²) in [4.78, 5) is 11.4. The van der Waals surface area contributed by atoms with Crippen molar-refractivity contribution in [3.8, 4) is 0 Å². The topological polar surface area (TPSA) is 67.1 Å². The van der Waals surface area contributed by atoms with Crippen LogP contribution in [0.2, 0.25) is 0 Å². The lowest BCUT2D eigenvalue weighted by Crippen LogP contribution is -2.37. The number of carbonyl (C=O) groups excluding carboxylic acids is 1. The standard InChI is InChI=1S/C12H16BrN3O/c1-12(4-5-15-7-12)16-10-3-2-8(13)6-9(10)11(14)17/h2-3,6,15-16H,4-5,7H2,1H3,(H2,14,17). The van der Waals surface area contributed by atoms with E-state index in [-0.39, 0.29) is 5.54 Å². The Labute approximate surface area is 109 Å². The first-order valence-electron chi connectivity index (χ1n) is 5.58. The first-order valence-corrected chi connectivity index (χ1v) is 6.38. The number of nitrogens with one attached hydrogen (secondary N) is 2. The Hall–Kier alpha value is -1.07. The van der Waals surface area contributed by atoms with Crippen molar-refractivity contribution >= 4 is 27.5 Å². The minimum atomic E-state index is -0.414. The molecule has 17 heavy (non-hydrogen) atoms. The van der Waals surface area contributed by atoms with Gasteiger partial charge in [-0.2, -0.15) is 0 Å². The second-order valence-electron chi connectivity index (χ2n) is 4.67. The molecule has 1 unspecified atom stereocenters. The van der Waals surface area contributed by atoms with Crippen molar-refractivity contribution in [3.05, 3.63) is 28.2 Å². The maximum absolute atomic E-state index is 11.4. The summed E-state index contributed by atoms with van der Waals surface area (Å²) in [7, 11) is 0. The Morgan fingerprint density at radius 3 is 2.94 bits per heavy atom. The lowest BCUT2D eigenvalue weighted by Gasteiger charge is -2.27. The maximum atomic E-state index is 11.4. The van der Waals surface area contributed by atoms with Crippen LogP contribution < -0.4 is 16.4 Å². The van der Waals surface area contributed by atoms with Gasteiger partial charge in [-0.3, -0.25) is 4.79 Å². The van der Waals surface area contributed by atoms with Crippen LogP contribution in [0.15, 0.2) is 22.7 Å². The molecular formula is C12H16BrN3O. The largest absolute Gasteiger partial charge is 0.378 e. The van der Waals surface area contributed by atoms with Gasteiger partial charge >= 0.3 is 0 Å². The third-order valence-corrected chi connectivity index (χ3v) is 3.55. The summed E-state index contributed by atoms with van der Waals surface area (Å²) in [5.41, 5.74) is 6.69. The van der Waals surface area contributed by atoms with E-state index in [1.165, 1.54) is 0 Å². The highest BCUT2D eigenvalue weighted by Gasteiger charge is 2.29. The molecule has 0 bridgehead atoms. The Morgan fingerprint density at radius 2 is 2.35 bits per heavy atom. The van der Waals surface area contributed by atoms with Gasteiger partial charge in [0.2, 0.25) is 0 Å². The molecule has 1 atom stereocenters. The molecule has 1 aromatic rings. The number of hydrogen-bond acceptors (Lipinski definition) is 3. The van der Waals surface area contributed by atoms with Crippen LogP contribution in [0.5, 0.6) is 0 Å². The van der Waals surface area contributed by atoms with E-state index < -0.39 is 5.91 Å². The van der Waals surface area contributed by atoms with Crippen LogP contribution in [0.3, 0.4) is 0 Å². The Kier molecular flexibility index (Phi) is 3.40. The first kappa shape index (κ1) is 12.4. The molecule has 1 heterocycles. The normalized spacial score (nSPS) is 23.6. The van der Waals surface area contributed by atoms with Gasteiger partial charge in [0.25, 0.3) is 5.91 Å². The predicted molar refractivity (Wildman–Crippen MR) is 72.2 cm³/mol. The number of benzene rings is 1. The third kappa shape index (κ3) is 2.79. The number of hydrogen-bond donors (Lipinski definition) is 3. The molecule has 4 nitrogen and oxygen atoms in total. The number of rotatable bonds is 3. The highest BCUT2D eigenvalue weighted by atomic mass is 79.9. The van der Waals surface area contributed by atoms with Crippen molar-refractivity contribution in [2.24, 2.45) is 5.73 Å². The lowest BCUT2D eigenvalue weighted by molar-refractivity contribution is 0.100. The molecular weight excluding hydrogens is 282 g/mol. The van der Waals surface area contributed by atoms with Gasteiger partial charge in [0.15, 0.2) is 0 Å². The van der Waals surface area contributed by atoms with E-state index in [2.05, 4.69) is 33.5 Å². The van der Waals surface area contributed by atoms with Crippen molar-refractivity contribution in [1.29, 1.82) is 0 Å². The Balaban J connectivity index is 2.28. The van der Waals surface area contributed by atoms with Gasteiger partial charge in [0.1, 0.15) is 0 Å². The molecule has 1 aliphatic rings. The van der Waals surface area contributed by atoms with Gasteiger partial charge in [-0.05, 0) is 38.1 Å². The van der Waals surface area contributed by atoms with Crippen molar-refractivity contribution in [3.63, 3.8) is 0 Å². The SMILES string of the molecule is CC1(Nc2ccc(Br)cc2C(N)=O)CCNC1. The van der Waals surface area contributed by atoms with E-state index in [1.807, 2.05) is 12.1 Å². The molecule has 1 fully saturated rings. The summed E-state index contributed by atoms with van der Waals surface area (Å²) < 4.78 is 0.853. The summed E-state index contributed by atoms with van der Waals surface area (Å²) in [6, 6.07) is 5.53. The number of nitrogens with two attached hydrogens (primary N) is 1.